The summed E-state index contributed by atoms with van der Waals surface area (Å²) in [5.74, 6) is 0. The zero-order valence-electron chi connectivity index (χ0n) is 11.9. The molecule has 4 nitrogen and oxygen atoms in total. The molecule has 3 rings (SSSR count). The lowest BCUT2D eigenvalue weighted by molar-refractivity contribution is 0.666. The van der Waals surface area contributed by atoms with Gasteiger partial charge in [0.1, 0.15) is 6.33 Å². The molecule has 0 saturated carbocycles. The fourth-order valence-corrected chi connectivity index (χ4v) is 2.65. The Morgan fingerprint density at radius 3 is 2.65 bits per heavy atom. The Morgan fingerprint density at radius 1 is 1.17 bits per heavy atom. The highest BCUT2D eigenvalue weighted by atomic mass is 79.9. The van der Waals surface area contributed by atoms with E-state index in [1.165, 1.54) is 0 Å². The van der Waals surface area contributed by atoms with Gasteiger partial charge in [-0.15, -0.1) is 0 Å². The molecule has 1 heterocycles. The molecule has 0 N–H and O–H groups in total. The van der Waals surface area contributed by atoms with Gasteiger partial charge in [-0.3, -0.25) is 0 Å². The van der Waals surface area contributed by atoms with Crippen molar-refractivity contribution < 1.29 is 0 Å². The number of nitrogens with zero attached hydrogens (tertiary/aromatic N) is 4. The van der Waals surface area contributed by atoms with Gasteiger partial charge in [-0.1, -0.05) is 57.9 Å². The van der Waals surface area contributed by atoms with E-state index in [0.29, 0.717) is 16.3 Å². The van der Waals surface area contributed by atoms with E-state index in [0.717, 1.165) is 15.6 Å². The summed E-state index contributed by atoms with van der Waals surface area (Å²) in [6, 6.07) is 15.5. The highest BCUT2D eigenvalue weighted by Crippen LogP contribution is 2.16. The van der Waals surface area contributed by atoms with Gasteiger partial charge in [0.15, 0.2) is 0 Å². The molecule has 23 heavy (non-hydrogen) atoms. The van der Waals surface area contributed by atoms with Crippen LogP contribution in [0, 0.1) is 4.77 Å². The first-order valence-electron chi connectivity index (χ1n) is 6.81. The summed E-state index contributed by atoms with van der Waals surface area (Å²) in [5.41, 5.74) is 1.95. The summed E-state index contributed by atoms with van der Waals surface area (Å²) in [6.07, 6.45) is 3.33. The van der Waals surface area contributed by atoms with E-state index >= 15 is 0 Å². The van der Waals surface area contributed by atoms with E-state index in [9.17, 15) is 0 Å². The SMILES string of the molecule is S=c1n(/N=C\c2ccc(Br)cc2)cnn1Cc1ccccc1Cl. The Balaban J connectivity index is 1.81. The first-order chi connectivity index (χ1) is 11.1. The largest absolute Gasteiger partial charge is 0.232 e. The number of aromatic nitrogens is 3. The standard InChI is InChI=1S/C16H12BrClN4S/c17-14-7-5-12(6-8-14)9-19-22-11-20-21(16(22)23)10-13-3-1-2-4-15(13)18/h1-9,11H,10H2/b19-9-. The van der Waals surface area contributed by atoms with Gasteiger partial charge in [0.05, 0.1) is 12.8 Å². The zero-order valence-corrected chi connectivity index (χ0v) is 15.1. The molecule has 116 valence electrons. The van der Waals surface area contributed by atoms with Gasteiger partial charge in [-0.25, -0.2) is 4.68 Å². The lowest BCUT2D eigenvalue weighted by Gasteiger charge is -2.03. The van der Waals surface area contributed by atoms with E-state index in [1.54, 1.807) is 21.9 Å². The van der Waals surface area contributed by atoms with Gasteiger partial charge in [0, 0.05) is 9.50 Å². The molecule has 0 aliphatic heterocycles. The van der Waals surface area contributed by atoms with Crippen molar-refractivity contribution in [2.45, 2.75) is 6.54 Å². The fraction of sp³-hybridized carbons (Fsp3) is 0.0625. The topological polar surface area (TPSA) is 35.1 Å². The smallest absolute Gasteiger partial charge is 0.219 e. The molecule has 0 aliphatic carbocycles. The van der Waals surface area contributed by atoms with E-state index in [2.05, 4.69) is 26.1 Å². The maximum atomic E-state index is 6.17. The van der Waals surface area contributed by atoms with Crippen LogP contribution in [0.4, 0.5) is 0 Å². The van der Waals surface area contributed by atoms with Crippen molar-refractivity contribution >= 4 is 46.0 Å². The second-order valence-electron chi connectivity index (χ2n) is 4.80. The molecule has 0 aliphatic rings. The Hall–Kier alpha value is -1.76. The lowest BCUT2D eigenvalue weighted by Crippen LogP contribution is -2.03. The minimum absolute atomic E-state index is 0.512. The van der Waals surface area contributed by atoms with Crippen molar-refractivity contribution in [3.63, 3.8) is 0 Å². The van der Waals surface area contributed by atoms with E-state index in [-0.39, 0.29) is 0 Å². The van der Waals surface area contributed by atoms with Crippen LogP contribution in [0.25, 0.3) is 0 Å². The number of hydrogen-bond donors (Lipinski definition) is 0. The van der Waals surface area contributed by atoms with Gasteiger partial charge in [-0.05, 0) is 41.5 Å². The minimum atomic E-state index is 0.512. The van der Waals surface area contributed by atoms with Crippen LogP contribution in [0.3, 0.4) is 0 Å². The van der Waals surface area contributed by atoms with Crippen LogP contribution >= 0.6 is 39.7 Å². The first-order valence-corrected chi connectivity index (χ1v) is 8.39. The van der Waals surface area contributed by atoms with Crippen molar-refractivity contribution in [1.29, 1.82) is 0 Å². The molecule has 1 aromatic heterocycles. The summed E-state index contributed by atoms with van der Waals surface area (Å²) in [4.78, 5) is 0. The molecule has 3 aromatic rings. The van der Waals surface area contributed by atoms with E-state index in [1.807, 2.05) is 48.5 Å². The molecule has 0 saturated heterocycles. The summed E-state index contributed by atoms with van der Waals surface area (Å²) in [6.45, 7) is 0.513. The van der Waals surface area contributed by atoms with Gasteiger partial charge in [-0.2, -0.15) is 14.9 Å². The molecular formula is C16H12BrClN4S. The maximum absolute atomic E-state index is 6.17. The second-order valence-corrected chi connectivity index (χ2v) is 6.49. The third-order valence-corrected chi connectivity index (χ3v) is 4.49. The van der Waals surface area contributed by atoms with Crippen LogP contribution in [0.5, 0.6) is 0 Å². The van der Waals surface area contributed by atoms with Crippen LogP contribution in [0.15, 0.2) is 64.4 Å². The third kappa shape index (κ3) is 3.96. The average molecular weight is 408 g/mol. The molecule has 7 heteroatoms. The minimum Gasteiger partial charge on any atom is -0.232 e. The summed E-state index contributed by atoms with van der Waals surface area (Å²) in [7, 11) is 0. The summed E-state index contributed by atoms with van der Waals surface area (Å²) < 4.78 is 4.79. The normalized spacial score (nSPS) is 11.2. The van der Waals surface area contributed by atoms with Crippen molar-refractivity contribution in [2.75, 3.05) is 0 Å². The van der Waals surface area contributed by atoms with Gasteiger partial charge in [0.2, 0.25) is 4.77 Å². The molecule has 0 atom stereocenters. The second kappa shape index (κ2) is 7.21. The van der Waals surface area contributed by atoms with Gasteiger partial charge in [0.25, 0.3) is 0 Å². The molecular weight excluding hydrogens is 396 g/mol. The highest BCUT2D eigenvalue weighted by Gasteiger charge is 2.04. The number of hydrogen-bond acceptors (Lipinski definition) is 3. The van der Waals surface area contributed by atoms with Gasteiger partial charge < -0.3 is 0 Å². The molecule has 0 fully saturated rings. The first kappa shape index (κ1) is 16.1. The quantitative estimate of drug-likeness (QED) is 0.462. The van der Waals surface area contributed by atoms with E-state index in [4.69, 9.17) is 23.8 Å². The van der Waals surface area contributed by atoms with Crippen LogP contribution in [0.2, 0.25) is 5.02 Å². The molecule has 0 spiro atoms. The van der Waals surface area contributed by atoms with Crippen LogP contribution in [-0.2, 0) is 6.54 Å². The monoisotopic (exact) mass is 406 g/mol. The molecule has 0 unspecified atom stereocenters. The predicted molar refractivity (Wildman–Crippen MR) is 98.7 cm³/mol. The molecule has 0 radical (unpaired) electrons. The Labute approximate surface area is 152 Å². The van der Waals surface area contributed by atoms with Crippen molar-refractivity contribution in [2.24, 2.45) is 5.10 Å². The molecule has 2 aromatic carbocycles. The third-order valence-electron chi connectivity index (χ3n) is 3.20. The summed E-state index contributed by atoms with van der Waals surface area (Å²) in [5, 5.41) is 9.32. The lowest BCUT2D eigenvalue weighted by atomic mass is 10.2. The van der Waals surface area contributed by atoms with E-state index < -0.39 is 0 Å². The average Bonchev–Trinajstić information content (AvgIpc) is 2.90. The van der Waals surface area contributed by atoms with Crippen molar-refractivity contribution in [3.05, 3.63) is 80.3 Å². The van der Waals surface area contributed by atoms with Crippen molar-refractivity contribution in [1.82, 2.24) is 14.5 Å². The highest BCUT2D eigenvalue weighted by molar-refractivity contribution is 9.10. The van der Waals surface area contributed by atoms with Gasteiger partial charge >= 0.3 is 0 Å². The van der Waals surface area contributed by atoms with Crippen LogP contribution in [-0.4, -0.2) is 20.7 Å². The Kier molecular flexibility index (Phi) is 5.05. The van der Waals surface area contributed by atoms with Crippen LogP contribution < -0.4 is 0 Å². The molecule has 0 bridgehead atoms. The predicted octanol–water partition coefficient (Wildman–Crippen LogP) is 4.76. The fourth-order valence-electron chi connectivity index (χ4n) is 1.98. The number of halogens is 2. The number of rotatable bonds is 4. The summed E-state index contributed by atoms with van der Waals surface area (Å²) >= 11 is 15.0. The molecule has 0 amide bonds. The zero-order chi connectivity index (χ0) is 16.2. The van der Waals surface area contributed by atoms with Crippen molar-refractivity contribution in [3.8, 4) is 0 Å². The Bertz CT molecular complexity index is 899. The maximum Gasteiger partial charge on any atom is 0.219 e. The Morgan fingerprint density at radius 2 is 1.91 bits per heavy atom. The van der Waals surface area contributed by atoms with Crippen LogP contribution in [0.1, 0.15) is 11.1 Å². The number of benzene rings is 2.